The molecule has 0 fully saturated rings. The van der Waals surface area contributed by atoms with Crippen LogP contribution in [0.3, 0.4) is 0 Å². The van der Waals surface area contributed by atoms with E-state index in [9.17, 15) is 14.9 Å². The number of aromatic nitrogens is 1. The maximum Gasteiger partial charge on any atom is 0.445 e. The van der Waals surface area contributed by atoms with Crippen molar-refractivity contribution in [2.75, 3.05) is 5.32 Å². The first-order valence-corrected chi connectivity index (χ1v) is 6.04. The largest absolute Gasteiger partial charge is 0.445 e. The number of benzene rings is 1. The normalized spacial score (nSPS) is 10.5. The molecule has 1 amide bonds. The lowest BCUT2D eigenvalue weighted by Gasteiger charge is -2.06. The molecule has 1 aromatic carbocycles. The van der Waals surface area contributed by atoms with Gasteiger partial charge < -0.3 is 9.73 Å². The lowest BCUT2D eigenvalue weighted by atomic mass is 10.2. The molecule has 2 aromatic heterocycles. The predicted molar refractivity (Wildman–Crippen MR) is 75.1 cm³/mol. The fourth-order valence-corrected chi connectivity index (χ4v) is 2.01. The summed E-state index contributed by atoms with van der Waals surface area (Å²) in [7, 11) is 0. The van der Waals surface area contributed by atoms with Gasteiger partial charge in [-0.2, -0.15) is 0 Å². The van der Waals surface area contributed by atoms with E-state index >= 15 is 0 Å². The zero-order valence-corrected chi connectivity index (χ0v) is 10.6. The van der Waals surface area contributed by atoms with Crippen LogP contribution < -0.4 is 5.32 Å². The third kappa shape index (κ3) is 2.32. The van der Waals surface area contributed by atoms with E-state index in [2.05, 4.69) is 10.3 Å². The molecular weight excluding hydrogens is 274 g/mol. The third-order valence-electron chi connectivity index (χ3n) is 2.94. The number of hydrogen-bond donors (Lipinski definition) is 1. The van der Waals surface area contributed by atoms with Crippen LogP contribution in [0.2, 0.25) is 0 Å². The van der Waals surface area contributed by atoms with Crippen molar-refractivity contribution < 1.29 is 14.1 Å². The van der Waals surface area contributed by atoms with Crippen LogP contribution in [0, 0.1) is 10.1 Å². The molecule has 0 aliphatic heterocycles. The molecule has 3 rings (SSSR count). The smallest absolute Gasteiger partial charge is 0.409 e. The highest BCUT2D eigenvalue weighted by Gasteiger charge is 2.24. The number of para-hydroxylation sites is 1. The molecule has 0 saturated heterocycles. The van der Waals surface area contributed by atoms with Crippen LogP contribution in [0.1, 0.15) is 10.4 Å². The lowest BCUT2D eigenvalue weighted by Crippen LogP contribution is -2.13. The van der Waals surface area contributed by atoms with E-state index in [1.54, 1.807) is 24.4 Å². The zero-order valence-electron chi connectivity index (χ0n) is 10.6. The quantitative estimate of drug-likeness (QED) is 0.588. The average Bonchev–Trinajstić information content (AvgIpc) is 2.97. The Labute approximate surface area is 118 Å². The second-order valence-electron chi connectivity index (χ2n) is 4.23. The molecule has 2 heterocycles. The maximum atomic E-state index is 12.1. The molecule has 0 bridgehead atoms. The summed E-state index contributed by atoms with van der Waals surface area (Å²) >= 11 is 0. The van der Waals surface area contributed by atoms with Crippen molar-refractivity contribution in [2.45, 2.75) is 0 Å². The topological polar surface area (TPSA) is 98.3 Å². The van der Waals surface area contributed by atoms with E-state index < -0.39 is 16.7 Å². The van der Waals surface area contributed by atoms with Crippen molar-refractivity contribution in [3.05, 3.63) is 64.5 Å². The van der Waals surface area contributed by atoms with Crippen molar-refractivity contribution >= 4 is 28.4 Å². The molecule has 0 unspecified atom stereocenters. The number of furan rings is 1. The first-order valence-electron chi connectivity index (χ1n) is 6.04. The Morgan fingerprint density at radius 1 is 1.24 bits per heavy atom. The van der Waals surface area contributed by atoms with Crippen LogP contribution >= 0.6 is 0 Å². The van der Waals surface area contributed by atoms with Crippen LogP contribution in [0.5, 0.6) is 0 Å². The molecule has 1 N–H and O–H groups in total. The molecule has 0 spiro atoms. The Morgan fingerprint density at radius 2 is 2.05 bits per heavy atom. The number of nitrogens with zero attached hydrogens (tertiary/aromatic N) is 2. The summed E-state index contributed by atoms with van der Waals surface area (Å²) in [4.78, 5) is 26.4. The highest BCUT2D eigenvalue weighted by molar-refractivity contribution is 6.09. The van der Waals surface area contributed by atoms with Crippen LogP contribution in [0.15, 0.2) is 53.3 Å². The molecule has 0 atom stereocenters. The highest BCUT2D eigenvalue weighted by atomic mass is 16.6. The zero-order chi connectivity index (χ0) is 14.8. The van der Waals surface area contributed by atoms with Gasteiger partial charge in [0.25, 0.3) is 5.91 Å². The summed E-state index contributed by atoms with van der Waals surface area (Å²) in [6.45, 7) is 0. The molecule has 104 valence electrons. The minimum atomic E-state index is -0.740. The minimum absolute atomic E-state index is 0.132. The number of hydrogen-bond acceptors (Lipinski definition) is 5. The predicted octanol–water partition coefficient (Wildman–Crippen LogP) is 2.99. The standard InChI is InChI=1S/C14H9N3O4/c18-13(10-6-8-21-14(10)17(19)20)16-11-5-1-3-9-4-2-7-15-12(9)11/h1-8H,(H,16,18). The monoisotopic (exact) mass is 283 g/mol. The van der Waals surface area contributed by atoms with Gasteiger partial charge in [0.1, 0.15) is 4.92 Å². The summed E-state index contributed by atoms with van der Waals surface area (Å²) in [5.41, 5.74) is 0.959. The van der Waals surface area contributed by atoms with Crippen molar-refractivity contribution in [3.63, 3.8) is 0 Å². The van der Waals surface area contributed by atoms with Gasteiger partial charge in [-0.05, 0) is 18.2 Å². The maximum absolute atomic E-state index is 12.1. The second-order valence-corrected chi connectivity index (χ2v) is 4.23. The number of rotatable bonds is 3. The first kappa shape index (κ1) is 12.8. The molecule has 7 nitrogen and oxygen atoms in total. The third-order valence-corrected chi connectivity index (χ3v) is 2.94. The van der Waals surface area contributed by atoms with Crippen molar-refractivity contribution in [2.24, 2.45) is 0 Å². The number of nitro groups is 1. The molecule has 0 saturated carbocycles. The van der Waals surface area contributed by atoms with E-state index in [0.29, 0.717) is 11.2 Å². The van der Waals surface area contributed by atoms with Gasteiger partial charge in [0.05, 0.1) is 17.5 Å². The SMILES string of the molecule is O=C(Nc1cccc2cccnc12)c1ccoc1[N+](=O)[O-]. The molecule has 3 aromatic rings. The van der Waals surface area contributed by atoms with Gasteiger partial charge in [0.2, 0.25) is 0 Å². The van der Waals surface area contributed by atoms with Crippen LogP contribution in [0.25, 0.3) is 10.9 Å². The van der Waals surface area contributed by atoms with Gasteiger partial charge in [0.15, 0.2) is 5.56 Å². The molecular formula is C14H9N3O4. The van der Waals surface area contributed by atoms with E-state index in [0.717, 1.165) is 11.6 Å². The molecule has 7 heteroatoms. The van der Waals surface area contributed by atoms with Crippen LogP contribution in [0.4, 0.5) is 11.6 Å². The summed E-state index contributed by atoms with van der Waals surface area (Å²) in [5.74, 6) is -1.20. The van der Waals surface area contributed by atoms with Crippen LogP contribution in [-0.2, 0) is 0 Å². The molecule has 0 aliphatic carbocycles. The van der Waals surface area contributed by atoms with E-state index in [1.165, 1.54) is 6.07 Å². The Morgan fingerprint density at radius 3 is 2.86 bits per heavy atom. The van der Waals surface area contributed by atoms with E-state index in [1.807, 2.05) is 12.1 Å². The second kappa shape index (κ2) is 5.04. The Kier molecular flexibility index (Phi) is 3.07. The number of amides is 1. The molecule has 0 radical (unpaired) electrons. The Bertz CT molecular complexity index is 836. The first-order chi connectivity index (χ1) is 10.2. The number of anilines is 1. The number of nitrogens with one attached hydrogen (secondary N) is 1. The number of pyridine rings is 1. The fraction of sp³-hybridized carbons (Fsp3) is 0. The van der Waals surface area contributed by atoms with E-state index in [-0.39, 0.29) is 5.56 Å². The minimum Gasteiger partial charge on any atom is -0.409 e. The average molecular weight is 283 g/mol. The summed E-state index contributed by atoms with van der Waals surface area (Å²) in [5, 5.41) is 14.2. The molecule has 0 aliphatic rings. The van der Waals surface area contributed by atoms with Gasteiger partial charge >= 0.3 is 5.88 Å². The highest BCUT2D eigenvalue weighted by Crippen LogP contribution is 2.24. The van der Waals surface area contributed by atoms with Gasteiger partial charge in [0, 0.05) is 11.6 Å². The summed E-state index contributed by atoms with van der Waals surface area (Å²) in [6, 6.07) is 10.2. The van der Waals surface area contributed by atoms with Crippen LogP contribution in [-0.4, -0.2) is 15.8 Å². The van der Waals surface area contributed by atoms with Gasteiger partial charge in [-0.3, -0.25) is 19.9 Å². The number of carbonyl (C=O) groups is 1. The number of carbonyl (C=O) groups excluding carboxylic acids is 1. The van der Waals surface area contributed by atoms with Gasteiger partial charge in [-0.15, -0.1) is 0 Å². The number of fused-ring (bicyclic) bond motifs is 1. The van der Waals surface area contributed by atoms with Gasteiger partial charge in [-0.25, -0.2) is 0 Å². The molecule has 21 heavy (non-hydrogen) atoms. The Hall–Kier alpha value is -3.22. The van der Waals surface area contributed by atoms with Crippen molar-refractivity contribution in [1.29, 1.82) is 0 Å². The van der Waals surface area contributed by atoms with Crippen molar-refractivity contribution in [1.82, 2.24) is 4.98 Å². The lowest BCUT2D eigenvalue weighted by molar-refractivity contribution is -0.402. The Balaban J connectivity index is 1.97. The van der Waals surface area contributed by atoms with Gasteiger partial charge in [-0.1, -0.05) is 18.2 Å². The fourth-order valence-electron chi connectivity index (χ4n) is 2.01. The van der Waals surface area contributed by atoms with Crippen molar-refractivity contribution in [3.8, 4) is 0 Å². The summed E-state index contributed by atoms with van der Waals surface area (Å²) in [6.07, 6.45) is 2.71. The van der Waals surface area contributed by atoms with E-state index in [4.69, 9.17) is 4.42 Å². The summed E-state index contributed by atoms with van der Waals surface area (Å²) < 4.78 is 4.70.